The van der Waals surface area contributed by atoms with E-state index >= 15 is 0 Å². The van der Waals surface area contributed by atoms with Crippen LogP contribution in [0.4, 0.5) is 0 Å². The fourth-order valence-electron chi connectivity index (χ4n) is 2.97. The third-order valence-corrected chi connectivity index (χ3v) is 7.33. The highest BCUT2D eigenvalue weighted by Crippen LogP contribution is 2.26. The van der Waals surface area contributed by atoms with Crippen molar-refractivity contribution in [1.29, 1.82) is 0 Å². The molecule has 0 aliphatic heterocycles. The molecule has 0 heterocycles. The van der Waals surface area contributed by atoms with Crippen LogP contribution >= 0.6 is 11.6 Å². The zero-order valence-corrected chi connectivity index (χ0v) is 19.5. The zero-order valence-electron chi connectivity index (χ0n) is 18.0. The molecular weight excluding hydrogens is 440 g/mol. The summed E-state index contributed by atoms with van der Waals surface area (Å²) in [5, 5.41) is 2.79. The number of hydrogen-bond acceptors (Lipinski definition) is 5. The molecule has 0 saturated carbocycles. The number of esters is 1. The predicted octanol–water partition coefficient (Wildman–Crippen LogP) is 3.79. The van der Waals surface area contributed by atoms with Gasteiger partial charge in [0, 0.05) is 13.1 Å². The summed E-state index contributed by atoms with van der Waals surface area (Å²) in [6.45, 7) is 7.23. The molecule has 31 heavy (non-hydrogen) atoms. The van der Waals surface area contributed by atoms with Crippen molar-refractivity contribution in [2.45, 2.75) is 44.7 Å². The van der Waals surface area contributed by atoms with Crippen LogP contribution in [0, 0.1) is 0 Å². The van der Waals surface area contributed by atoms with Crippen molar-refractivity contribution in [1.82, 2.24) is 9.62 Å². The lowest BCUT2D eigenvalue weighted by molar-refractivity contribution is -0.129. The minimum Gasteiger partial charge on any atom is -0.449 e. The molecule has 9 heteroatoms. The minimum atomic E-state index is -3.86. The number of halogens is 1. The Morgan fingerprint density at radius 1 is 1.06 bits per heavy atom. The highest BCUT2D eigenvalue weighted by Gasteiger charge is 2.27. The quantitative estimate of drug-likeness (QED) is 0.567. The van der Waals surface area contributed by atoms with Crippen molar-refractivity contribution in [2.24, 2.45) is 0 Å². The normalized spacial score (nSPS) is 13.5. The molecule has 2 unspecified atom stereocenters. The van der Waals surface area contributed by atoms with Crippen LogP contribution in [0.1, 0.15) is 49.7 Å². The van der Waals surface area contributed by atoms with E-state index in [-0.39, 0.29) is 34.6 Å². The van der Waals surface area contributed by atoms with E-state index in [1.165, 1.54) is 29.4 Å². The highest BCUT2D eigenvalue weighted by molar-refractivity contribution is 7.89. The number of carbonyl (C=O) groups is 2. The van der Waals surface area contributed by atoms with E-state index < -0.39 is 28.0 Å². The number of rotatable bonds is 9. The van der Waals surface area contributed by atoms with Crippen molar-refractivity contribution in [2.75, 3.05) is 13.1 Å². The maximum Gasteiger partial charge on any atom is 0.338 e. The van der Waals surface area contributed by atoms with Gasteiger partial charge in [0.2, 0.25) is 10.0 Å². The largest absolute Gasteiger partial charge is 0.449 e. The van der Waals surface area contributed by atoms with Gasteiger partial charge in [0.05, 0.1) is 16.6 Å². The maximum atomic E-state index is 12.8. The third-order valence-electron chi connectivity index (χ3n) is 4.80. The van der Waals surface area contributed by atoms with Crippen LogP contribution in [0.3, 0.4) is 0 Å². The van der Waals surface area contributed by atoms with Gasteiger partial charge in [0.15, 0.2) is 6.10 Å². The summed E-state index contributed by atoms with van der Waals surface area (Å²) in [5.41, 5.74) is 0.907. The van der Waals surface area contributed by atoms with Gasteiger partial charge in [0.25, 0.3) is 5.91 Å². The first-order chi connectivity index (χ1) is 14.6. The molecule has 0 spiro atoms. The molecule has 2 atom stereocenters. The topological polar surface area (TPSA) is 92.8 Å². The van der Waals surface area contributed by atoms with Gasteiger partial charge in [-0.15, -0.1) is 0 Å². The van der Waals surface area contributed by atoms with Gasteiger partial charge in [-0.25, -0.2) is 13.2 Å². The molecule has 2 aromatic carbocycles. The molecule has 0 aliphatic rings. The zero-order chi connectivity index (χ0) is 23.2. The Kier molecular flexibility index (Phi) is 8.61. The SMILES string of the molecule is CCN(CC)S(=O)(=O)c1cc(C(=O)OC(C)C(=O)NC(C)c2ccccc2)ccc1Cl. The standard InChI is InChI=1S/C22H27ClN2O5S/c1-5-25(6-2)31(28,29)20-14-18(12-13-19(20)23)22(27)30-16(4)21(26)24-15(3)17-10-8-7-9-11-17/h7-16H,5-6H2,1-4H3,(H,24,26). The molecule has 0 bridgehead atoms. The van der Waals surface area contributed by atoms with E-state index in [9.17, 15) is 18.0 Å². The first kappa shape index (κ1) is 24.8. The van der Waals surface area contributed by atoms with E-state index in [0.29, 0.717) is 0 Å². The van der Waals surface area contributed by atoms with Crippen LogP contribution in [0.5, 0.6) is 0 Å². The summed E-state index contributed by atoms with van der Waals surface area (Å²) in [6.07, 6.45) is -1.07. The number of ether oxygens (including phenoxy) is 1. The second-order valence-corrected chi connectivity index (χ2v) is 9.24. The maximum absolute atomic E-state index is 12.8. The number of nitrogens with zero attached hydrogens (tertiary/aromatic N) is 1. The van der Waals surface area contributed by atoms with Gasteiger partial charge in [0.1, 0.15) is 4.90 Å². The summed E-state index contributed by atoms with van der Waals surface area (Å²) < 4.78 is 32.1. The average molecular weight is 467 g/mol. The van der Waals surface area contributed by atoms with Gasteiger partial charge in [-0.05, 0) is 37.6 Å². The Balaban J connectivity index is 2.14. The summed E-state index contributed by atoms with van der Waals surface area (Å²) in [7, 11) is -3.86. The number of carbonyl (C=O) groups excluding carboxylic acids is 2. The van der Waals surface area contributed by atoms with Crippen LogP contribution in [0.15, 0.2) is 53.4 Å². The Labute approximate surface area is 188 Å². The lowest BCUT2D eigenvalue weighted by Crippen LogP contribution is -2.37. The first-order valence-corrected chi connectivity index (χ1v) is 11.8. The highest BCUT2D eigenvalue weighted by atomic mass is 35.5. The Morgan fingerprint density at radius 3 is 2.26 bits per heavy atom. The molecule has 7 nitrogen and oxygen atoms in total. The van der Waals surface area contributed by atoms with Crippen LogP contribution < -0.4 is 5.32 Å². The molecule has 2 aromatic rings. The monoisotopic (exact) mass is 466 g/mol. The molecule has 0 saturated heterocycles. The molecule has 0 radical (unpaired) electrons. The predicted molar refractivity (Wildman–Crippen MR) is 119 cm³/mol. The number of sulfonamides is 1. The van der Waals surface area contributed by atoms with E-state index in [2.05, 4.69) is 5.32 Å². The minimum absolute atomic E-state index is 0.00549. The fraction of sp³-hybridized carbons (Fsp3) is 0.364. The van der Waals surface area contributed by atoms with Crippen LogP contribution in [0.25, 0.3) is 0 Å². The number of benzene rings is 2. The number of hydrogen-bond donors (Lipinski definition) is 1. The van der Waals surface area contributed by atoms with Crippen LogP contribution in [-0.4, -0.2) is 43.8 Å². The Bertz CT molecular complexity index is 1020. The van der Waals surface area contributed by atoms with Gasteiger partial charge in [-0.3, -0.25) is 4.79 Å². The van der Waals surface area contributed by atoms with E-state index in [0.717, 1.165) is 5.56 Å². The molecule has 0 fully saturated rings. The summed E-state index contributed by atoms with van der Waals surface area (Å²) >= 11 is 6.09. The summed E-state index contributed by atoms with van der Waals surface area (Å²) in [4.78, 5) is 24.8. The summed E-state index contributed by atoms with van der Waals surface area (Å²) in [6, 6.07) is 13.0. The number of amides is 1. The molecule has 168 valence electrons. The number of nitrogens with one attached hydrogen (secondary N) is 1. The van der Waals surface area contributed by atoms with Crippen molar-refractivity contribution >= 4 is 33.5 Å². The molecule has 0 aliphatic carbocycles. The van der Waals surface area contributed by atoms with Crippen LogP contribution in [0.2, 0.25) is 5.02 Å². The van der Waals surface area contributed by atoms with E-state index in [4.69, 9.17) is 16.3 Å². The lowest BCUT2D eigenvalue weighted by atomic mass is 10.1. The van der Waals surface area contributed by atoms with E-state index in [1.54, 1.807) is 13.8 Å². The molecule has 1 N–H and O–H groups in total. The molecule has 1 amide bonds. The molecular formula is C22H27ClN2O5S. The second kappa shape index (κ2) is 10.7. The van der Waals surface area contributed by atoms with Crippen molar-refractivity contribution in [3.8, 4) is 0 Å². The fourth-order valence-corrected chi connectivity index (χ4v) is 4.93. The average Bonchev–Trinajstić information content (AvgIpc) is 2.74. The van der Waals surface area contributed by atoms with Crippen LogP contribution in [-0.2, 0) is 19.6 Å². The molecule has 0 aromatic heterocycles. The van der Waals surface area contributed by atoms with Gasteiger partial charge in [-0.2, -0.15) is 4.31 Å². The summed E-state index contributed by atoms with van der Waals surface area (Å²) in [5.74, 6) is -1.28. The van der Waals surface area contributed by atoms with Gasteiger partial charge < -0.3 is 10.1 Å². The second-order valence-electron chi connectivity index (χ2n) is 6.92. The third kappa shape index (κ3) is 6.06. The first-order valence-electron chi connectivity index (χ1n) is 9.97. The van der Waals surface area contributed by atoms with Gasteiger partial charge >= 0.3 is 5.97 Å². The van der Waals surface area contributed by atoms with Crippen molar-refractivity contribution in [3.05, 3.63) is 64.7 Å². The Hall–Kier alpha value is -2.42. The Morgan fingerprint density at radius 2 is 1.68 bits per heavy atom. The van der Waals surface area contributed by atoms with E-state index in [1.807, 2.05) is 37.3 Å². The lowest BCUT2D eigenvalue weighted by Gasteiger charge is -2.20. The molecule has 2 rings (SSSR count). The smallest absolute Gasteiger partial charge is 0.338 e. The van der Waals surface area contributed by atoms with Crippen molar-refractivity contribution < 1.29 is 22.7 Å². The van der Waals surface area contributed by atoms with Crippen molar-refractivity contribution in [3.63, 3.8) is 0 Å². The van der Waals surface area contributed by atoms with Gasteiger partial charge in [-0.1, -0.05) is 55.8 Å².